The van der Waals surface area contributed by atoms with Crippen LogP contribution in [0.1, 0.15) is 47.4 Å². The zero-order valence-corrected chi connectivity index (χ0v) is 23.0. The summed E-state index contributed by atoms with van der Waals surface area (Å²) < 4.78 is 5.88. The number of hydrogen-bond acceptors (Lipinski definition) is 6. The van der Waals surface area contributed by atoms with Crippen molar-refractivity contribution in [1.82, 2.24) is 20.5 Å². The first-order chi connectivity index (χ1) is 19.7. The summed E-state index contributed by atoms with van der Waals surface area (Å²) in [4.78, 5) is 21.0. The van der Waals surface area contributed by atoms with E-state index < -0.39 is 0 Å². The second-order valence-electron chi connectivity index (χ2n) is 11.2. The molecule has 4 aromatic rings. The molecule has 0 spiro atoms. The monoisotopic (exact) mass is 538 g/mol. The third-order valence-electron chi connectivity index (χ3n) is 8.54. The number of aromatic nitrogens is 1. The Balaban J connectivity index is 0.963. The van der Waals surface area contributed by atoms with Gasteiger partial charge in [0.15, 0.2) is 5.76 Å². The zero-order valence-electron chi connectivity index (χ0n) is 23.0. The van der Waals surface area contributed by atoms with Crippen LogP contribution in [0.5, 0.6) is 0 Å². The number of rotatable bonds is 9. The average molecular weight is 539 g/mol. The van der Waals surface area contributed by atoms with Crippen LogP contribution in [-0.2, 0) is 6.42 Å². The number of H-pyrrole nitrogens is 1. The van der Waals surface area contributed by atoms with Gasteiger partial charge in [0.05, 0.1) is 11.6 Å². The third kappa shape index (κ3) is 6.01. The molecule has 0 atom stereocenters. The van der Waals surface area contributed by atoms with Gasteiger partial charge in [-0.15, -0.1) is 0 Å². The van der Waals surface area contributed by atoms with Crippen molar-refractivity contribution in [1.29, 1.82) is 5.26 Å². The molecule has 1 amide bonds. The molecule has 8 nitrogen and oxygen atoms in total. The first kappa shape index (κ1) is 26.4. The van der Waals surface area contributed by atoms with Crippen LogP contribution in [0.2, 0.25) is 0 Å². The van der Waals surface area contributed by atoms with Crippen LogP contribution < -0.4 is 15.5 Å². The van der Waals surface area contributed by atoms with E-state index in [0.29, 0.717) is 23.8 Å². The van der Waals surface area contributed by atoms with Crippen LogP contribution in [0, 0.1) is 17.2 Å². The van der Waals surface area contributed by atoms with Gasteiger partial charge < -0.3 is 24.9 Å². The predicted molar refractivity (Wildman–Crippen MR) is 159 cm³/mol. The number of carbonyl (C=O) groups is 1. The zero-order chi connectivity index (χ0) is 27.3. The van der Waals surface area contributed by atoms with Crippen molar-refractivity contribution in [3.8, 4) is 6.07 Å². The van der Waals surface area contributed by atoms with Gasteiger partial charge in [-0.1, -0.05) is 0 Å². The largest absolute Gasteiger partial charge is 0.451 e. The van der Waals surface area contributed by atoms with Crippen molar-refractivity contribution in [2.45, 2.75) is 32.1 Å². The molecule has 2 aromatic heterocycles. The molecule has 0 unspecified atom stereocenters. The Hall–Kier alpha value is -3.80. The second-order valence-corrected chi connectivity index (χ2v) is 11.2. The fourth-order valence-corrected chi connectivity index (χ4v) is 6.08. The molecule has 2 aromatic carbocycles. The number of aromatic amines is 1. The molecule has 0 radical (unpaired) electrons. The van der Waals surface area contributed by atoms with Gasteiger partial charge >= 0.3 is 0 Å². The summed E-state index contributed by atoms with van der Waals surface area (Å²) in [5.41, 5.74) is 5.06. The summed E-state index contributed by atoms with van der Waals surface area (Å²) in [6.45, 7) is 7.95. The molecular weight excluding hydrogens is 500 g/mol. The standard InChI is InChI=1S/C32H38N6O2/c33-20-24-4-6-29-28(17-24)25(22-35-29)3-1-2-12-37-13-15-38(16-14-37)27-5-7-30-26(18-27)19-31(40-30)32(39)36-21-23-8-10-34-11-9-23/h4-7,17-19,22-23,34-35H,1-3,8-16,21H2,(H,36,39). The van der Waals surface area contributed by atoms with Gasteiger partial charge in [-0.2, -0.15) is 5.26 Å². The highest BCUT2D eigenvalue weighted by Crippen LogP contribution is 2.27. The number of anilines is 1. The van der Waals surface area contributed by atoms with Crippen molar-refractivity contribution in [2.75, 3.05) is 57.3 Å². The highest BCUT2D eigenvalue weighted by molar-refractivity contribution is 5.96. The smallest absolute Gasteiger partial charge is 0.287 e. The van der Waals surface area contributed by atoms with E-state index in [1.165, 1.54) is 16.6 Å². The third-order valence-corrected chi connectivity index (χ3v) is 8.54. The van der Waals surface area contributed by atoms with Gasteiger partial charge in [0.25, 0.3) is 5.91 Å². The summed E-state index contributed by atoms with van der Waals surface area (Å²) in [7, 11) is 0. The number of benzene rings is 2. The molecule has 8 heteroatoms. The maximum atomic E-state index is 12.7. The Morgan fingerprint density at radius 1 is 1.05 bits per heavy atom. The lowest BCUT2D eigenvalue weighted by molar-refractivity contribution is 0.0918. The number of nitriles is 1. The van der Waals surface area contributed by atoms with Crippen molar-refractivity contribution < 1.29 is 9.21 Å². The Bertz CT molecular complexity index is 1500. The number of piperidine rings is 1. The topological polar surface area (TPSA) is 100 Å². The van der Waals surface area contributed by atoms with E-state index in [1.54, 1.807) is 0 Å². The minimum Gasteiger partial charge on any atom is -0.451 e. The number of carbonyl (C=O) groups excluding carboxylic acids is 1. The van der Waals surface area contributed by atoms with Crippen molar-refractivity contribution in [2.24, 2.45) is 5.92 Å². The number of hydrogen-bond donors (Lipinski definition) is 3. The highest BCUT2D eigenvalue weighted by Gasteiger charge is 2.20. The second kappa shape index (κ2) is 12.2. The fraction of sp³-hybridized carbons (Fsp3) is 0.438. The van der Waals surface area contributed by atoms with Crippen LogP contribution in [0.3, 0.4) is 0 Å². The fourth-order valence-electron chi connectivity index (χ4n) is 6.08. The minimum atomic E-state index is -0.124. The van der Waals surface area contributed by atoms with Crippen molar-refractivity contribution in [3.63, 3.8) is 0 Å². The van der Waals surface area contributed by atoms with E-state index in [1.807, 2.05) is 30.3 Å². The molecule has 2 aliphatic rings. The van der Waals surface area contributed by atoms with E-state index in [-0.39, 0.29) is 5.91 Å². The van der Waals surface area contributed by atoms with Crippen LogP contribution >= 0.6 is 0 Å². The molecule has 208 valence electrons. The lowest BCUT2D eigenvalue weighted by atomic mass is 9.98. The summed E-state index contributed by atoms with van der Waals surface area (Å²) in [6, 6.07) is 16.2. The molecule has 3 N–H and O–H groups in total. The Kier molecular flexibility index (Phi) is 8.03. The molecule has 0 aliphatic carbocycles. The summed E-state index contributed by atoms with van der Waals surface area (Å²) in [6.07, 6.45) is 7.62. The van der Waals surface area contributed by atoms with Crippen molar-refractivity contribution in [3.05, 3.63) is 65.5 Å². The summed E-state index contributed by atoms with van der Waals surface area (Å²) in [5, 5.41) is 17.8. The number of amides is 1. The quantitative estimate of drug-likeness (QED) is 0.268. The van der Waals surface area contributed by atoms with Gasteiger partial charge in [-0.3, -0.25) is 9.69 Å². The number of nitrogens with zero attached hydrogens (tertiary/aromatic N) is 3. The molecule has 2 saturated heterocycles. The molecule has 6 rings (SSSR count). The van der Waals surface area contributed by atoms with E-state index in [9.17, 15) is 10.1 Å². The molecular formula is C32H38N6O2. The lowest BCUT2D eigenvalue weighted by Crippen LogP contribution is -2.46. The van der Waals surface area contributed by atoms with Gasteiger partial charge in [0.1, 0.15) is 5.58 Å². The van der Waals surface area contributed by atoms with Crippen LogP contribution in [-0.4, -0.2) is 68.1 Å². The molecule has 2 fully saturated rings. The number of nitrogens with one attached hydrogen (secondary N) is 3. The van der Waals surface area contributed by atoms with Crippen molar-refractivity contribution >= 4 is 33.5 Å². The molecule has 2 aliphatic heterocycles. The van der Waals surface area contributed by atoms with Crippen LogP contribution in [0.25, 0.3) is 21.9 Å². The summed E-state index contributed by atoms with van der Waals surface area (Å²) >= 11 is 0. The van der Waals surface area contributed by atoms with E-state index >= 15 is 0 Å². The van der Waals surface area contributed by atoms with Crippen LogP contribution in [0.15, 0.2) is 53.1 Å². The Morgan fingerprint density at radius 3 is 2.73 bits per heavy atom. The van der Waals surface area contributed by atoms with E-state index in [4.69, 9.17) is 4.42 Å². The number of aryl methyl sites for hydroxylation is 1. The number of fused-ring (bicyclic) bond motifs is 2. The normalized spacial score (nSPS) is 16.9. The number of unbranched alkanes of at least 4 members (excludes halogenated alkanes) is 1. The van der Waals surface area contributed by atoms with Gasteiger partial charge in [0, 0.05) is 60.9 Å². The highest BCUT2D eigenvalue weighted by atomic mass is 16.3. The number of furan rings is 1. The van der Waals surface area contributed by atoms with Gasteiger partial charge in [-0.25, -0.2) is 0 Å². The first-order valence-corrected chi connectivity index (χ1v) is 14.7. The van der Waals surface area contributed by atoms with Gasteiger partial charge in [-0.05, 0) is 106 Å². The summed E-state index contributed by atoms with van der Waals surface area (Å²) in [5.74, 6) is 0.809. The first-order valence-electron chi connectivity index (χ1n) is 14.7. The maximum Gasteiger partial charge on any atom is 0.287 e. The molecule has 0 saturated carbocycles. The Labute approximate surface area is 235 Å². The minimum absolute atomic E-state index is 0.124. The molecule has 40 heavy (non-hydrogen) atoms. The molecule has 0 bridgehead atoms. The van der Waals surface area contributed by atoms with E-state index in [2.05, 4.69) is 49.8 Å². The lowest BCUT2D eigenvalue weighted by Gasteiger charge is -2.36. The van der Waals surface area contributed by atoms with E-state index in [0.717, 1.165) is 94.4 Å². The maximum absolute atomic E-state index is 12.7. The average Bonchev–Trinajstić information content (AvgIpc) is 3.62. The Morgan fingerprint density at radius 2 is 1.90 bits per heavy atom. The predicted octanol–water partition coefficient (Wildman–Crippen LogP) is 4.66. The van der Waals surface area contributed by atoms with Gasteiger partial charge in [0.2, 0.25) is 0 Å². The SMILES string of the molecule is N#Cc1ccc2[nH]cc(CCCCN3CCN(c4ccc5oc(C(=O)NCC6CCNCC6)cc5c4)CC3)c2c1. The molecule has 4 heterocycles. The number of piperazine rings is 1. The van der Waals surface area contributed by atoms with Crippen LogP contribution in [0.4, 0.5) is 5.69 Å².